The van der Waals surface area contributed by atoms with Crippen molar-refractivity contribution in [1.82, 2.24) is 5.32 Å². The molecule has 21 heavy (non-hydrogen) atoms. The highest BCUT2D eigenvalue weighted by Gasteiger charge is 2.31. The van der Waals surface area contributed by atoms with E-state index in [9.17, 15) is 19.2 Å². The molecule has 0 saturated carbocycles. The Hall–Kier alpha value is -2.70. The van der Waals surface area contributed by atoms with Crippen molar-refractivity contribution in [3.05, 3.63) is 35.9 Å². The summed E-state index contributed by atoms with van der Waals surface area (Å²) in [5.74, 6) is -3.18. The molecule has 0 aliphatic carbocycles. The molecule has 0 aliphatic rings. The fourth-order valence-corrected chi connectivity index (χ4v) is 1.51. The van der Waals surface area contributed by atoms with Crippen LogP contribution in [0.3, 0.4) is 0 Å². The maximum absolute atomic E-state index is 11.9. The Morgan fingerprint density at radius 3 is 2.19 bits per heavy atom. The second kappa shape index (κ2) is 7.78. The van der Waals surface area contributed by atoms with Crippen molar-refractivity contribution < 1.29 is 28.7 Å². The average Bonchev–Trinajstić information content (AvgIpc) is 2.52. The van der Waals surface area contributed by atoms with Gasteiger partial charge in [-0.25, -0.2) is 4.79 Å². The molecule has 0 bridgehead atoms. The molecule has 1 aromatic rings. The summed E-state index contributed by atoms with van der Waals surface area (Å²) in [5, 5.41) is 2.24. The molecule has 0 spiro atoms. The molecule has 1 aromatic carbocycles. The first kappa shape index (κ1) is 16.4. The van der Waals surface area contributed by atoms with Crippen LogP contribution in [0, 0.1) is 0 Å². The number of methoxy groups -OCH3 is 2. The number of hydrogen-bond acceptors (Lipinski definition) is 6. The Morgan fingerprint density at radius 1 is 1.05 bits per heavy atom. The van der Waals surface area contributed by atoms with Gasteiger partial charge < -0.3 is 14.8 Å². The summed E-state index contributed by atoms with van der Waals surface area (Å²) < 4.78 is 8.81. The van der Waals surface area contributed by atoms with Gasteiger partial charge in [-0.2, -0.15) is 0 Å². The average molecular weight is 293 g/mol. The first-order chi connectivity index (χ1) is 9.99. The number of ether oxygens (including phenoxy) is 2. The third kappa shape index (κ3) is 4.72. The number of esters is 2. The molecule has 7 nitrogen and oxygen atoms in total. The normalized spacial score (nSPS) is 11.1. The Morgan fingerprint density at radius 2 is 1.67 bits per heavy atom. The molecule has 112 valence electrons. The van der Waals surface area contributed by atoms with E-state index in [1.165, 1.54) is 12.1 Å². The maximum atomic E-state index is 11.9. The van der Waals surface area contributed by atoms with Crippen LogP contribution in [0.1, 0.15) is 16.8 Å². The molecule has 0 heterocycles. The van der Waals surface area contributed by atoms with Crippen LogP contribution in [0.4, 0.5) is 0 Å². The van der Waals surface area contributed by atoms with Gasteiger partial charge in [0.05, 0.1) is 14.2 Å². The Bertz CT molecular complexity index is 540. The minimum absolute atomic E-state index is 0.275. The maximum Gasteiger partial charge on any atom is 0.336 e. The SMILES string of the molecule is COC(=O)CC(=O)C(NC(=O)c1ccccc1)C(=O)OC. The van der Waals surface area contributed by atoms with Gasteiger partial charge in [-0.3, -0.25) is 14.4 Å². The molecule has 1 rings (SSSR count). The molecule has 0 aliphatic heterocycles. The highest BCUT2D eigenvalue weighted by atomic mass is 16.5. The first-order valence-electron chi connectivity index (χ1n) is 6.03. The van der Waals surface area contributed by atoms with Crippen molar-refractivity contribution in [1.29, 1.82) is 0 Å². The van der Waals surface area contributed by atoms with Crippen LogP contribution in [-0.2, 0) is 23.9 Å². The Kier molecular flexibility index (Phi) is 6.06. The summed E-state index contributed by atoms with van der Waals surface area (Å²) in [6, 6.07) is 6.48. The predicted octanol–water partition coefficient (Wildman–Crippen LogP) is 0.0902. The Labute approximate surface area is 121 Å². The fraction of sp³-hybridized carbons (Fsp3) is 0.286. The number of benzene rings is 1. The van der Waals surface area contributed by atoms with E-state index in [-0.39, 0.29) is 5.56 Å². The molecule has 0 saturated heterocycles. The van der Waals surface area contributed by atoms with Crippen LogP contribution in [0.15, 0.2) is 30.3 Å². The van der Waals surface area contributed by atoms with Gasteiger partial charge in [-0.1, -0.05) is 18.2 Å². The first-order valence-corrected chi connectivity index (χ1v) is 6.03. The standard InChI is InChI=1S/C14H15NO6/c1-20-11(17)8-10(16)12(14(19)21-2)15-13(18)9-6-4-3-5-7-9/h3-7,12H,8H2,1-2H3,(H,15,18). The van der Waals surface area contributed by atoms with E-state index in [1.807, 2.05) is 0 Å². The molecule has 7 heteroatoms. The molecule has 1 atom stereocenters. The second-order valence-electron chi connectivity index (χ2n) is 4.01. The molecular formula is C14H15NO6. The van der Waals surface area contributed by atoms with Crippen LogP contribution in [0.2, 0.25) is 0 Å². The summed E-state index contributed by atoms with van der Waals surface area (Å²) >= 11 is 0. The van der Waals surface area contributed by atoms with Gasteiger partial charge in [0.2, 0.25) is 0 Å². The van der Waals surface area contributed by atoms with E-state index in [0.717, 1.165) is 14.2 Å². The van der Waals surface area contributed by atoms with Crippen LogP contribution in [0.25, 0.3) is 0 Å². The van der Waals surface area contributed by atoms with E-state index >= 15 is 0 Å². The van der Waals surface area contributed by atoms with Crippen molar-refractivity contribution in [2.45, 2.75) is 12.5 Å². The van der Waals surface area contributed by atoms with Crippen LogP contribution in [-0.4, -0.2) is 43.9 Å². The number of amides is 1. The van der Waals surface area contributed by atoms with Crippen LogP contribution >= 0.6 is 0 Å². The number of carbonyl (C=O) groups is 4. The predicted molar refractivity (Wildman–Crippen MR) is 71.4 cm³/mol. The largest absolute Gasteiger partial charge is 0.469 e. The molecular weight excluding hydrogens is 278 g/mol. The van der Waals surface area contributed by atoms with Crippen molar-refractivity contribution in [3.8, 4) is 0 Å². The number of rotatable bonds is 6. The summed E-state index contributed by atoms with van der Waals surface area (Å²) in [4.78, 5) is 46.5. The highest BCUT2D eigenvalue weighted by Crippen LogP contribution is 2.02. The summed E-state index contributed by atoms with van der Waals surface area (Å²) in [5.41, 5.74) is 0.275. The molecule has 0 fully saturated rings. The fourth-order valence-electron chi connectivity index (χ4n) is 1.51. The molecule has 1 N–H and O–H groups in total. The van der Waals surface area contributed by atoms with E-state index in [1.54, 1.807) is 18.2 Å². The van der Waals surface area contributed by atoms with Gasteiger partial charge in [-0.15, -0.1) is 0 Å². The van der Waals surface area contributed by atoms with E-state index in [4.69, 9.17) is 0 Å². The number of ketones is 1. The molecule has 0 aromatic heterocycles. The minimum atomic E-state index is -1.55. The number of nitrogens with one attached hydrogen (secondary N) is 1. The lowest BCUT2D eigenvalue weighted by Crippen LogP contribution is -2.47. The summed E-state index contributed by atoms with van der Waals surface area (Å²) in [6.45, 7) is 0. The minimum Gasteiger partial charge on any atom is -0.469 e. The lowest BCUT2D eigenvalue weighted by Gasteiger charge is -2.15. The lowest BCUT2D eigenvalue weighted by molar-refractivity contribution is -0.148. The number of carbonyl (C=O) groups excluding carboxylic acids is 4. The van der Waals surface area contributed by atoms with E-state index in [2.05, 4.69) is 14.8 Å². The van der Waals surface area contributed by atoms with Gasteiger partial charge in [0.15, 0.2) is 11.8 Å². The van der Waals surface area contributed by atoms with Gasteiger partial charge in [0, 0.05) is 5.56 Å². The van der Waals surface area contributed by atoms with Gasteiger partial charge in [0.1, 0.15) is 6.42 Å². The van der Waals surface area contributed by atoms with Crippen molar-refractivity contribution in [2.24, 2.45) is 0 Å². The quantitative estimate of drug-likeness (QED) is 0.589. The topological polar surface area (TPSA) is 98.8 Å². The van der Waals surface area contributed by atoms with Gasteiger partial charge in [-0.05, 0) is 12.1 Å². The smallest absolute Gasteiger partial charge is 0.336 e. The summed E-state index contributed by atoms with van der Waals surface area (Å²) in [6.07, 6.45) is -0.634. The number of hydrogen-bond donors (Lipinski definition) is 1. The van der Waals surface area contributed by atoms with Gasteiger partial charge in [0.25, 0.3) is 5.91 Å². The Balaban J connectivity index is 2.84. The lowest BCUT2D eigenvalue weighted by atomic mass is 10.1. The molecule has 1 amide bonds. The van der Waals surface area contributed by atoms with Crippen LogP contribution in [0.5, 0.6) is 0 Å². The van der Waals surface area contributed by atoms with Crippen molar-refractivity contribution in [2.75, 3.05) is 14.2 Å². The van der Waals surface area contributed by atoms with Crippen molar-refractivity contribution in [3.63, 3.8) is 0 Å². The van der Waals surface area contributed by atoms with Crippen molar-refractivity contribution >= 4 is 23.6 Å². The highest BCUT2D eigenvalue weighted by molar-refractivity contribution is 6.12. The zero-order valence-corrected chi connectivity index (χ0v) is 11.6. The zero-order valence-electron chi connectivity index (χ0n) is 11.6. The monoisotopic (exact) mass is 293 g/mol. The second-order valence-corrected chi connectivity index (χ2v) is 4.01. The van der Waals surface area contributed by atoms with Crippen LogP contribution < -0.4 is 5.32 Å². The third-order valence-electron chi connectivity index (χ3n) is 2.62. The van der Waals surface area contributed by atoms with E-state index in [0.29, 0.717) is 0 Å². The molecule has 0 radical (unpaired) electrons. The van der Waals surface area contributed by atoms with E-state index < -0.39 is 36.1 Å². The number of Topliss-reactive ketones (excluding diaryl/α,β-unsaturated/α-hetero) is 1. The zero-order chi connectivity index (χ0) is 15.8. The molecule has 1 unspecified atom stereocenters. The summed E-state index contributed by atoms with van der Waals surface area (Å²) in [7, 11) is 2.20. The third-order valence-corrected chi connectivity index (χ3v) is 2.62. The van der Waals surface area contributed by atoms with Gasteiger partial charge >= 0.3 is 11.9 Å².